The van der Waals surface area contributed by atoms with Crippen molar-refractivity contribution in [1.29, 1.82) is 0 Å². The zero-order valence-electron chi connectivity index (χ0n) is 18.3. The number of rotatable bonds is 6. The maximum Gasteiger partial charge on any atom is 0.343 e. The lowest BCUT2D eigenvalue weighted by molar-refractivity contribution is 0.0729. The van der Waals surface area contributed by atoms with Crippen molar-refractivity contribution in [3.05, 3.63) is 101 Å². The van der Waals surface area contributed by atoms with Crippen molar-refractivity contribution in [3.63, 3.8) is 0 Å². The van der Waals surface area contributed by atoms with Crippen molar-refractivity contribution in [2.45, 2.75) is 19.8 Å². The van der Waals surface area contributed by atoms with Crippen LogP contribution in [0.5, 0.6) is 11.5 Å². The monoisotopic (exact) mass is 502 g/mol. The van der Waals surface area contributed by atoms with E-state index in [1.807, 2.05) is 0 Å². The van der Waals surface area contributed by atoms with Crippen molar-refractivity contribution in [3.8, 4) is 11.5 Å². The van der Waals surface area contributed by atoms with E-state index in [-0.39, 0.29) is 33.2 Å². The molecule has 0 unspecified atom stereocenters. The second-order valence-corrected chi connectivity index (χ2v) is 8.41. The first-order valence-corrected chi connectivity index (χ1v) is 10.9. The quantitative estimate of drug-likeness (QED) is 0.233. The van der Waals surface area contributed by atoms with Crippen LogP contribution in [0.4, 0.5) is 0 Å². The van der Waals surface area contributed by atoms with Crippen LogP contribution in [0, 0.1) is 13.8 Å². The standard InChI is InChI=1S/C23H20Cl2N4O5/c1-10-18(21(30)28-26-10)20(19-11(2)27-29-22(19)31)12-5-7-16(17(9-12)33-3)34-23(32)13-4-6-14(24)15(25)8-13/h4-9,20H,1-3H3,(H2,26,28,30)(H2,27,29,31). The largest absolute Gasteiger partial charge is 0.493 e. The van der Waals surface area contributed by atoms with Crippen LogP contribution < -0.4 is 20.6 Å². The fraction of sp³-hybridized carbons (Fsp3) is 0.174. The van der Waals surface area contributed by atoms with Crippen molar-refractivity contribution in [2.24, 2.45) is 0 Å². The summed E-state index contributed by atoms with van der Waals surface area (Å²) in [4.78, 5) is 37.9. The van der Waals surface area contributed by atoms with Gasteiger partial charge in [0.25, 0.3) is 11.1 Å². The fourth-order valence-electron chi connectivity index (χ4n) is 3.81. The molecule has 0 radical (unpaired) electrons. The summed E-state index contributed by atoms with van der Waals surface area (Å²) in [6.45, 7) is 3.47. The van der Waals surface area contributed by atoms with Gasteiger partial charge in [-0.3, -0.25) is 19.8 Å². The lowest BCUT2D eigenvalue weighted by Crippen LogP contribution is -2.20. The van der Waals surface area contributed by atoms with Gasteiger partial charge in [0.1, 0.15) is 0 Å². The average Bonchev–Trinajstić information content (AvgIpc) is 3.32. The molecule has 176 valence electrons. The normalized spacial score (nSPS) is 11.1. The van der Waals surface area contributed by atoms with Gasteiger partial charge in [-0.1, -0.05) is 29.3 Å². The van der Waals surface area contributed by atoms with Gasteiger partial charge in [-0.25, -0.2) is 4.79 Å². The Bertz CT molecular complexity index is 1440. The molecule has 0 aliphatic carbocycles. The zero-order valence-corrected chi connectivity index (χ0v) is 19.9. The Balaban J connectivity index is 1.77. The predicted octanol–water partition coefficient (Wildman–Crippen LogP) is 4.05. The van der Waals surface area contributed by atoms with E-state index in [4.69, 9.17) is 32.7 Å². The number of aromatic amines is 4. The Morgan fingerprint density at radius 3 is 1.94 bits per heavy atom. The number of ether oxygens (including phenoxy) is 2. The van der Waals surface area contributed by atoms with E-state index in [0.29, 0.717) is 33.1 Å². The number of esters is 1. The van der Waals surface area contributed by atoms with Crippen LogP contribution in [0.2, 0.25) is 10.0 Å². The van der Waals surface area contributed by atoms with E-state index in [9.17, 15) is 14.4 Å². The SMILES string of the molecule is COc1cc(C(c2c(C)[nH][nH]c2=O)c2c(C)[nH][nH]c2=O)ccc1OC(=O)c1ccc(Cl)c(Cl)c1. The van der Waals surface area contributed by atoms with E-state index in [0.717, 1.165) is 0 Å². The number of H-pyrrole nitrogens is 4. The van der Waals surface area contributed by atoms with E-state index < -0.39 is 11.9 Å². The molecular weight excluding hydrogens is 483 g/mol. The van der Waals surface area contributed by atoms with Gasteiger partial charge in [0.15, 0.2) is 11.5 Å². The van der Waals surface area contributed by atoms with Gasteiger partial charge in [0.2, 0.25) is 0 Å². The third kappa shape index (κ3) is 4.27. The molecule has 0 aliphatic heterocycles. The molecule has 34 heavy (non-hydrogen) atoms. The average molecular weight is 503 g/mol. The highest BCUT2D eigenvalue weighted by Gasteiger charge is 2.29. The third-order valence-corrected chi connectivity index (χ3v) is 6.22. The summed E-state index contributed by atoms with van der Waals surface area (Å²) < 4.78 is 11.0. The zero-order chi connectivity index (χ0) is 24.6. The molecule has 4 rings (SSSR count). The van der Waals surface area contributed by atoms with Crippen LogP contribution in [0.3, 0.4) is 0 Å². The van der Waals surface area contributed by atoms with Gasteiger partial charge in [0.05, 0.1) is 33.8 Å². The summed E-state index contributed by atoms with van der Waals surface area (Å²) in [6, 6.07) is 9.24. The number of hydrogen-bond donors (Lipinski definition) is 4. The number of aromatic nitrogens is 4. The molecule has 4 N–H and O–H groups in total. The Hall–Kier alpha value is -3.69. The van der Waals surface area contributed by atoms with Crippen molar-refractivity contribution < 1.29 is 14.3 Å². The summed E-state index contributed by atoms with van der Waals surface area (Å²) in [5.74, 6) is -0.971. The summed E-state index contributed by atoms with van der Waals surface area (Å²) >= 11 is 11.9. The summed E-state index contributed by atoms with van der Waals surface area (Å²) in [5, 5.41) is 11.3. The van der Waals surface area contributed by atoms with Crippen LogP contribution in [-0.4, -0.2) is 33.5 Å². The van der Waals surface area contributed by atoms with Crippen LogP contribution in [0.1, 0.15) is 44.4 Å². The Labute approximate surface area is 203 Å². The Kier molecular flexibility index (Phi) is 6.41. The molecule has 0 saturated carbocycles. The summed E-state index contributed by atoms with van der Waals surface area (Å²) in [7, 11) is 1.42. The minimum atomic E-state index is -0.710. The van der Waals surface area contributed by atoms with Crippen molar-refractivity contribution in [2.75, 3.05) is 7.11 Å². The lowest BCUT2D eigenvalue weighted by atomic mass is 9.85. The fourth-order valence-corrected chi connectivity index (χ4v) is 4.11. The molecule has 0 fully saturated rings. The molecule has 9 nitrogen and oxygen atoms in total. The number of hydrogen-bond acceptors (Lipinski definition) is 5. The molecule has 0 aliphatic rings. The first-order chi connectivity index (χ1) is 16.2. The molecule has 4 aromatic rings. The Morgan fingerprint density at radius 1 is 0.824 bits per heavy atom. The highest BCUT2D eigenvalue weighted by Crippen LogP contribution is 2.37. The number of nitrogens with one attached hydrogen (secondary N) is 4. The van der Waals surface area contributed by atoms with Gasteiger partial charge in [-0.05, 0) is 49.7 Å². The molecule has 0 saturated heterocycles. The van der Waals surface area contributed by atoms with Gasteiger partial charge >= 0.3 is 5.97 Å². The molecule has 0 spiro atoms. The maximum atomic E-state index is 12.6. The second-order valence-electron chi connectivity index (χ2n) is 7.60. The molecule has 2 aromatic carbocycles. The number of methoxy groups -OCH3 is 1. The van der Waals surface area contributed by atoms with Gasteiger partial charge in [0, 0.05) is 17.3 Å². The molecule has 2 heterocycles. The van der Waals surface area contributed by atoms with Crippen LogP contribution in [0.25, 0.3) is 0 Å². The molecule has 0 amide bonds. The van der Waals surface area contributed by atoms with Gasteiger partial charge < -0.3 is 19.7 Å². The first kappa shape index (κ1) is 23.5. The predicted molar refractivity (Wildman–Crippen MR) is 128 cm³/mol. The van der Waals surface area contributed by atoms with E-state index in [2.05, 4.69) is 20.4 Å². The molecule has 0 bridgehead atoms. The number of halogens is 2. The van der Waals surface area contributed by atoms with Crippen molar-refractivity contribution in [1.82, 2.24) is 20.4 Å². The van der Waals surface area contributed by atoms with Crippen LogP contribution >= 0.6 is 23.2 Å². The number of carbonyl (C=O) groups excluding carboxylic acids is 1. The summed E-state index contributed by atoms with van der Waals surface area (Å²) in [6.07, 6.45) is 0. The number of carbonyl (C=O) groups is 1. The lowest BCUT2D eigenvalue weighted by Gasteiger charge is -2.18. The van der Waals surface area contributed by atoms with Gasteiger partial charge in [-0.2, -0.15) is 0 Å². The molecule has 2 aromatic heterocycles. The van der Waals surface area contributed by atoms with E-state index >= 15 is 0 Å². The number of aryl methyl sites for hydroxylation is 2. The number of benzene rings is 2. The van der Waals surface area contributed by atoms with E-state index in [1.54, 1.807) is 32.0 Å². The smallest absolute Gasteiger partial charge is 0.343 e. The second kappa shape index (κ2) is 9.28. The van der Waals surface area contributed by atoms with E-state index in [1.165, 1.54) is 25.3 Å². The Morgan fingerprint density at radius 2 is 1.44 bits per heavy atom. The topological polar surface area (TPSA) is 133 Å². The molecule has 11 heteroatoms. The van der Waals surface area contributed by atoms with Gasteiger partial charge in [-0.15, -0.1) is 0 Å². The van der Waals surface area contributed by atoms with Crippen LogP contribution in [0.15, 0.2) is 46.0 Å². The van der Waals surface area contributed by atoms with Crippen molar-refractivity contribution >= 4 is 29.2 Å². The maximum absolute atomic E-state index is 12.6. The highest BCUT2D eigenvalue weighted by molar-refractivity contribution is 6.42. The molecule has 0 atom stereocenters. The molecular formula is C23H20Cl2N4O5. The van der Waals surface area contributed by atoms with Crippen LogP contribution in [-0.2, 0) is 0 Å². The summed E-state index contributed by atoms with van der Waals surface area (Å²) in [5.41, 5.74) is 2.04. The first-order valence-electron chi connectivity index (χ1n) is 10.1. The minimum absolute atomic E-state index is 0.153. The minimum Gasteiger partial charge on any atom is -0.493 e. The third-order valence-electron chi connectivity index (χ3n) is 5.48. The highest BCUT2D eigenvalue weighted by atomic mass is 35.5.